The van der Waals surface area contributed by atoms with Crippen LogP contribution in [0, 0.1) is 49.3 Å². The van der Waals surface area contributed by atoms with Gasteiger partial charge in [-0.3, -0.25) is 6.08 Å². The predicted octanol–water partition coefficient (Wildman–Crippen LogP) is 6.81. The van der Waals surface area contributed by atoms with Crippen molar-refractivity contribution in [3.63, 3.8) is 0 Å². The van der Waals surface area contributed by atoms with Crippen LogP contribution in [0.2, 0.25) is 0 Å². The van der Waals surface area contributed by atoms with Gasteiger partial charge in [-0.2, -0.15) is 42.5 Å². The molecule has 0 aromatic heterocycles. The molecule has 0 bridgehead atoms. The van der Waals surface area contributed by atoms with E-state index in [1.807, 2.05) is 90.1 Å². The van der Waals surface area contributed by atoms with Crippen LogP contribution < -0.4 is 0 Å². The van der Waals surface area contributed by atoms with Crippen LogP contribution in [-0.4, -0.2) is 13.2 Å². The zero-order valence-electron chi connectivity index (χ0n) is 17.3. The molecule has 1 aromatic carbocycles. The largest absolute Gasteiger partial charge is 0.184 e. The molecule has 0 saturated carbocycles. The van der Waals surface area contributed by atoms with E-state index in [1.54, 1.807) is 0 Å². The Kier molecular flexibility index (Phi) is 99.0. The van der Waals surface area contributed by atoms with Crippen LogP contribution >= 0.6 is 24.8 Å². The molecular weight excluding hydrogens is 401 g/mol. The monoisotopic (exact) mass is 439 g/mol. The number of nitrogens with one attached hydrogen (secondary N) is 1. The first-order valence-corrected chi connectivity index (χ1v) is 9.75. The Morgan fingerprint density at radius 1 is 0.880 bits per heavy atom. The fraction of sp³-hybridized carbons (Fsp3) is 0.250. The van der Waals surface area contributed by atoms with E-state index >= 15 is 0 Å². The molecule has 0 radical (unpaired) electrons. The SMILES string of the molecule is CC(C)(C)[NH-].Cl.Cl.[C-]1=CC=CC1.[CH3-].[CH3-].[CH3-].[CH3-].[CH3-].[SiH2]=[Ti].[c-]1ccccc1. The van der Waals surface area contributed by atoms with E-state index in [4.69, 9.17) is 5.73 Å². The molecule has 5 heteroatoms. The molecule has 1 N–H and O–H groups in total. The minimum absolute atomic E-state index is 0. The Morgan fingerprint density at radius 2 is 1.24 bits per heavy atom. The van der Waals surface area contributed by atoms with Crippen molar-refractivity contribution >= 4 is 32.4 Å². The van der Waals surface area contributed by atoms with Gasteiger partial charge in [0.2, 0.25) is 0 Å². The molecule has 0 fully saturated rings. The maximum atomic E-state index is 6.94. The summed E-state index contributed by atoms with van der Waals surface area (Å²) in [6.45, 7) is 5.56. The summed E-state index contributed by atoms with van der Waals surface area (Å²) in [6.07, 6.45) is 10.0. The Morgan fingerprint density at radius 3 is 1.32 bits per heavy atom. The minimum Gasteiger partial charge on any atom is -0.184 e. The average Bonchev–Trinajstić information content (AvgIpc) is 2.90. The van der Waals surface area contributed by atoms with Crippen molar-refractivity contribution in [1.82, 2.24) is 0 Å². The topological polar surface area (TPSA) is 23.8 Å². The normalized spacial score (nSPS) is 7.96. The molecule has 154 valence electrons. The number of hydrogen-bond acceptors (Lipinski definition) is 0. The zero-order chi connectivity index (χ0) is 14.3. The van der Waals surface area contributed by atoms with Crippen LogP contribution in [0.1, 0.15) is 27.2 Å². The molecular formula is C20H39Cl2NSiTi-8. The minimum atomic E-state index is -0.250. The van der Waals surface area contributed by atoms with Gasteiger partial charge in [-0.1, -0.05) is 20.8 Å². The fourth-order valence-electron chi connectivity index (χ4n) is 0.682. The van der Waals surface area contributed by atoms with Crippen LogP contribution in [0.25, 0.3) is 5.73 Å². The Hall–Kier alpha value is 0.171. The summed E-state index contributed by atoms with van der Waals surface area (Å²) in [5.74, 6) is 0. The Balaban J connectivity index is -0.0000000185. The summed E-state index contributed by atoms with van der Waals surface area (Å²) in [6, 6.07) is 12.5. The quantitative estimate of drug-likeness (QED) is 0.313. The van der Waals surface area contributed by atoms with Crippen molar-refractivity contribution < 1.29 is 19.2 Å². The average molecular weight is 440 g/mol. The van der Waals surface area contributed by atoms with Gasteiger partial charge in [-0.25, -0.2) is 12.2 Å². The first kappa shape index (κ1) is 56.2. The summed E-state index contributed by atoms with van der Waals surface area (Å²) in [5.41, 5.74) is 6.69. The van der Waals surface area contributed by atoms with Crippen LogP contribution in [0.4, 0.5) is 0 Å². The second kappa shape index (κ2) is 44.0. The van der Waals surface area contributed by atoms with E-state index in [-0.39, 0.29) is 67.5 Å². The maximum absolute atomic E-state index is 6.94. The van der Waals surface area contributed by atoms with Gasteiger partial charge in [0.05, 0.1) is 0 Å². The molecule has 0 atom stereocenters. The van der Waals surface area contributed by atoms with Gasteiger partial charge in [0.15, 0.2) is 0 Å². The Labute approximate surface area is 187 Å². The van der Waals surface area contributed by atoms with Crippen molar-refractivity contribution in [1.29, 1.82) is 0 Å². The molecule has 0 heterocycles. The number of benzene rings is 1. The summed E-state index contributed by atoms with van der Waals surface area (Å²) >= 11 is 2.03. The molecule has 0 amide bonds. The van der Waals surface area contributed by atoms with E-state index in [2.05, 4.69) is 18.2 Å². The second-order valence-corrected chi connectivity index (χ2v) is 4.33. The fourth-order valence-corrected chi connectivity index (χ4v) is 0.682. The third-order valence-electron chi connectivity index (χ3n) is 1.19. The van der Waals surface area contributed by atoms with E-state index in [0.717, 1.165) is 6.42 Å². The first-order valence-electron chi connectivity index (χ1n) is 5.73. The van der Waals surface area contributed by atoms with Crippen molar-refractivity contribution in [2.45, 2.75) is 32.7 Å². The molecule has 2 rings (SSSR count). The first-order chi connectivity index (χ1) is 8.50. The van der Waals surface area contributed by atoms with Crippen LogP contribution in [0.5, 0.6) is 0 Å². The van der Waals surface area contributed by atoms with E-state index in [9.17, 15) is 0 Å². The van der Waals surface area contributed by atoms with Gasteiger partial charge in [-0.05, 0) is 0 Å². The van der Waals surface area contributed by atoms with E-state index in [1.165, 1.54) is 0 Å². The van der Waals surface area contributed by atoms with Gasteiger partial charge < -0.3 is 42.9 Å². The number of hydrogen-bond donors (Lipinski definition) is 0. The van der Waals surface area contributed by atoms with Gasteiger partial charge in [-0.15, -0.1) is 36.8 Å². The number of rotatable bonds is 0. The molecule has 25 heavy (non-hydrogen) atoms. The molecule has 1 aromatic rings. The maximum Gasteiger partial charge on any atom is -0.171 e. The van der Waals surface area contributed by atoms with Crippen LogP contribution in [0.3, 0.4) is 0 Å². The smallest absolute Gasteiger partial charge is 0.171 e. The standard InChI is InChI=1S/C6H5.C5H5.C4H10N.5CH3.2ClH.H2Si.Ti/c1-2-4-6-5-3-1;1-2-4-5-3-1;1-4(2,3)5;;;;;;;;;/h1-5H;1-3H,4H2;5H,1-3H3;5*1H3;2*1H;1H2;/q8*-1;;;;. The van der Waals surface area contributed by atoms with Crippen molar-refractivity contribution in [3.05, 3.63) is 104 Å². The molecule has 1 aliphatic rings. The third-order valence-corrected chi connectivity index (χ3v) is 1.19. The zero-order valence-corrected chi connectivity index (χ0v) is 22.0. The van der Waals surface area contributed by atoms with Gasteiger partial charge >= 0.3 is 26.8 Å². The Bertz CT molecular complexity index is 284. The number of halogens is 2. The predicted molar refractivity (Wildman–Crippen MR) is 126 cm³/mol. The molecule has 0 spiro atoms. The van der Waals surface area contributed by atoms with Crippen LogP contribution in [-0.2, 0) is 19.2 Å². The van der Waals surface area contributed by atoms with Crippen molar-refractivity contribution in [3.8, 4) is 0 Å². The molecule has 0 unspecified atom stereocenters. The van der Waals surface area contributed by atoms with Crippen LogP contribution in [0.15, 0.2) is 48.6 Å². The molecule has 1 aliphatic carbocycles. The van der Waals surface area contributed by atoms with E-state index < -0.39 is 0 Å². The summed E-state index contributed by atoms with van der Waals surface area (Å²) in [7, 11) is 1.86. The summed E-state index contributed by atoms with van der Waals surface area (Å²) < 4.78 is 0. The van der Waals surface area contributed by atoms with E-state index in [0.29, 0.717) is 0 Å². The summed E-state index contributed by atoms with van der Waals surface area (Å²) in [5, 5.41) is 0. The number of allylic oxidation sites excluding steroid dienone is 4. The molecule has 0 aliphatic heterocycles. The van der Waals surface area contributed by atoms with Gasteiger partial charge in [0, 0.05) is 0 Å². The van der Waals surface area contributed by atoms with Crippen molar-refractivity contribution in [2.24, 2.45) is 0 Å². The second-order valence-electron chi connectivity index (χ2n) is 4.33. The third kappa shape index (κ3) is 95.2. The van der Waals surface area contributed by atoms with Crippen molar-refractivity contribution in [2.75, 3.05) is 0 Å². The van der Waals surface area contributed by atoms with Gasteiger partial charge in [0.25, 0.3) is 0 Å². The van der Waals surface area contributed by atoms with Gasteiger partial charge in [0.1, 0.15) is 0 Å². The molecule has 1 nitrogen and oxygen atoms in total. The summed E-state index contributed by atoms with van der Waals surface area (Å²) in [4.78, 5) is 0. The molecule has 0 saturated heterocycles.